The Bertz CT molecular complexity index is 1030. The summed E-state index contributed by atoms with van der Waals surface area (Å²) in [5.41, 5.74) is 0.960. The second-order valence-corrected chi connectivity index (χ2v) is 10.0. The minimum absolute atomic E-state index is 0.208. The van der Waals surface area contributed by atoms with Crippen LogP contribution in [0.3, 0.4) is 0 Å². The number of ether oxygens (including phenoxy) is 2. The van der Waals surface area contributed by atoms with Gasteiger partial charge in [-0.2, -0.15) is 4.31 Å². The van der Waals surface area contributed by atoms with Crippen LogP contribution in [-0.2, 0) is 10.0 Å². The van der Waals surface area contributed by atoms with Crippen LogP contribution in [-0.4, -0.2) is 44.9 Å². The molecule has 1 amide bonds. The van der Waals surface area contributed by atoms with E-state index in [1.54, 1.807) is 22.5 Å². The van der Waals surface area contributed by atoms with Crippen molar-refractivity contribution in [2.45, 2.75) is 25.2 Å². The van der Waals surface area contributed by atoms with Gasteiger partial charge in [0.05, 0.1) is 4.90 Å². The average Bonchev–Trinajstić information content (AvgIpc) is 2.73. The Morgan fingerprint density at radius 2 is 1.60 bits per heavy atom. The van der Waals surface area contributed by atoms with E-state index < -0.39 is 10.0 Å². The van der Waals surface area contributed by atoms with Crippen LogP contribution in [0.15, 0.2) is 47.4 Å². The van der Waals surface area contributed by atoms with E-state index in [1.165, 1.54) is 24.3 Å². The number of anilines is 1. The summed E-state index contributed by atoms with van der Waals surface area (Å²) in [6.07, 6.45) is 1.03. The summed E-state index contributed by atoms with van der Waals surface area (Å²) in [7, 11) is -3.57. The largest absolute Gasteiger partial charge is 0.486 e. The number of carbonyl (C=O) groups excluding carboxylic acids is 1. The van der Waals surface area contributed by atoms with E-state index in [2.05, 4.69) is 19.2 Å². The molecule has 2 aliphatic rings. The van der Waals surface area contributed by atoms with Crippen molar-refractivity contribution in [3.8, 4) is 11.5 Å². The molecule has 0 spiro atoms. The highest BCUT2D eigenvalue weighted by atomic mass is 32.2. The second kappa shape index (κ2) is 8.28. The third-order valence-corrected chi connectivity index (χ3v) is 7.24. The fraction of sp³-hybridized carbons (Fsp3) is 0.409. The first-order chi connectivity index (χ1) is 14.3. The van der Waals surface area contributed by atoms with Crippen LogP contribution < -0.4 is 14.8 Å². The van der Waals surface area contributed by atoms with Gasteiger partial charge in [-0.05, 0) is 54.7 Å². The Balaban J connectivity index is 1.47. The predicted molar refractivity (Wildman–Crippen MR) is 114 cm³/mol. The van der Waals surface area contributed by atoms with Crippen molar-refractivity contribution in [2.24, 2.45) is 11.8 Å². The topological polar surface area (TPSA) is 84.9 Å². The lowest BCUT2D eigenvalue weighted by Crippen LogP contribution is -2.42. The molecule has 2 aromatic rings. The van der Waals surface area contributed by atoms with Crippen molar-refractivity contribution in [3.05, 3.63) is 48.0 Å². The van der Waals surface area contributed by atoms with Crippen LogP contribution in [0, 0.1) is 11.8 Å². The van der Waals surface area contributed by atoms with E-state index in [0.29, 0.717) is 60.9 Å². The van der Waals surface area contributed by atoms with Crippen molar-refractivity contribution in [2.75, 3.05) is 31.6 Å². The second-order valence-electron chi connectivity index (χ2n) is 8.11. The highest BCUT2D eigenvalue weighted by Crippen LogP contribution is 2.33. The van der Waals surface area contributed by atoms with E-state index in [0.717, 1.165) is 6.42 Å². The molecule has 2 heterocycles. The molecule has 0 radical (unpaired) electrons. The van der Waals surface area contributed by atoms with E-state index in [9.17, 15) is 13.2 Å². The van der Waals surface area contributed by atoms with Gasteiger partial charge in [0.15, 0.2) is 11.5 Å². The molecule has 160 valence electrons. The highest BCUT2D eigenvalue weighted by Gasteiger charge is 2.31. The molecule has 30 heavy (non-hydrogen) atoms. The lowest BCUT2D eigenvalue weighted by molar-refractivity contribution is 0.102. The van der Waals surface area contributed by atoms with Crippen LogP contribution in [0.1, 0.15) is 30.6 Å². The number of hydrogen-bond donors (Lipinski definition) is 1. The number of benzene rings is 2. The summed E-state index contributed by atoms with van der Waals surface area (Å²) in [5, 5.41) is 2.81. The number of sulfonamides is 1. The molecule has 7 nitrogen and oxygen atoms in total. The summed E-state index contributed by atoms with van der Waals surface area (Å²) < 4.78 is 38.5. The van der Waals surface area contributed by atoms with E-state index in [4.69, 9.17) is 9.47 Å². The molecular formula is C22H26N2O5S. The fourth-order valence-electron chi connectivity index (χ4n) is 4.05. The van der Waals surface area contributed by atoms with Gasteiger partial charge in [-0.15, -0.1) is 0 Å². The van der Waals surface area contributed by atoms with E-state index >= 15 is 0 Å². The molecule has 2 aromatic carbocycles. The Labute approximate surface area is 177 Å². The van der Waals surface area contributed by atoms with E-state index in [-0.39, 0.29) is 10.8 Å². The van der Waals surface area contributed by atoms with Gasteiger partial charge in [-0.1, -0.05) is 13.8 Å². The number of amides is 1. The zero-order valence-corrected chi connectivity index (χ0v) is 17.9. The maximum Gasteiger partial charge on any atom is 0.255 e. The number of rotatable bonds is 4. The molecule has 2 aliphatic heterocycles. The Morgan fingerprint density at radius 3 is 2.27 bits per heavy atom. The quantitative estimate of drug-likeness (QED) is 0.804. The Hall–Kier alpha value is -2.58. The summed E-state index contributed by atoms with van der Waals surface area (Å²) in [4.78, 5) is 12.8. The fourth-order valence-corrected chi connectivity index (χ4v) is 5.73. The van der Waals surface area contributed by atoms with E-state index in [1.807, 2.05) is 0 Å². The van der Waals surface area contributed by atoms with Crippen LogP contribution in [0.25, 0.3) is 0 Å². The van der Waals surface area contributed by atoms with Crippen molar-refractivity contribution >= 4 is 21.6 Å². The smallest absolute Gasteiger partial charge is 0.255 e. The lowest BCUT2D eigenvalue weighted by Gasteiger charge is -2.34. The molecule has 0 aliphatic carbocycles. The SMILES string of the molecule is C[C@@H]1C[C@H](C)CN(S(=O)(=O)c2ccc(C(=O)Nc3ccc4c(c3)OCCO4)cc2)C1. The predicted octanol–water partition coefficient (Wildman–Crippen LogP) is 3.38. The first kappa shape index (κ1) is 20.7. The molecule has 8 heteroatoms. The average molecular weight is 431 g/mol. The summed E-state index contributed by atoms with van der Waals surface area (Å²) in [6, 6.07) is 11.3. The third-order valence-electron chi connectivity index (χ3n) is 5.39. The van der Waals surface area contributed by atoms with Crippen LogP contribution in [0.5, 0.6) is 11.5 Å². The van der Waals surface area contributed by atoms with Crippen LogP contribution >= 0.6 is 0 Å². The van der Waals surface area contributed by atoms with Crippen molar-refractivity contribution < 1.29 is 22.7 Å². The molecule has 0 bridgehead atoms. The number of piperidine rings is 1. The first-order valence-corrected chi connectivity index (χ1v) is 11.6. The molecule has 1 fully saturated rings. The van der Waals surface area contributed by atoms with Crippen molar-refractivity contribution in [1.29, 1.82) is 0 Å². The van der Waals surface area contributed by atoms with Gasteiger partial charge in [-0.3, -0.25) is 4.79 Å². The van der Waals surface area contributed by atoms with Crippen LogP contribution in [0.2, 0.25) is 0 Å². The molecule has 0 aromatic heterocycles. The minimum Gasteiger partial charge on any atom is -0.486 e. The lowest BCUT2D eigenvalue weighted by atomic mass is 9.94. The number of nitrogens with one attached hydrogen (secondary N) is 1. The number of nitrogens with zero attached hydrogens (tertiary/aromatic N) is 1. The van der Waals surface area contributed by atoms with Gasteiger partial charge in [0.1, 0.15) is 13.2 Å². The summed E-state index contributed by atoms with van der Waals surface area (Å²) in [5.74, 6) is 1.58. The van der Waals surface area contributed by atoms with Gasteiger partial charge in [-0.25, -0.2) is 8.42 Å². The maximum absolute atomic E-state index is 13.0. The van der Waals surface area contributed by atoms with Gasteiger partial charge in [0.25, 0.3) is 5.91 Å². The van der Waals surface area contributed by atoms with Crippen molar-refractivity contribution in [3.63, 3.8) is 0 Å². The summed E-state index contributed by atoms with van der Waals surface area (Å²) in [6.45, 7) is 6.17. The number of hydrogen-bond acceptors (Lipinski definition) is 5. The summed E-state index contributed by atoms with van der Waals surface area (Å²) >= 11 is 0. The molecule has 0 saturated carbocycles. The molecule has 0 unspecified atom stereocenters. The Kier molecular flexibility index (Phi) is 5.71. The van der Waals surface area contributed by atoms with Gasteiger partial charge >= 0.3 is 0 Å². The van der Waals surface area contributed by atoms with Gasteiger partial charge < -0.3 is 14.8 Å². The Morgan fingerprint density at radius 1 is 0.967 bits per heavy atom. The zero-order valence-electron chi connectivity index (χ0n) is 17.1. The monoisotopic (exact) mass is 430 g/mol. The standard InChI is InChI=1S/C22H26N2O5S/c1-15-11-16(2)14-24(13-15)30(26,27)19-6-3-17(4-7-19)22(25)23-18-5-8-20-21(12-18)29-10-9-28-20/h3-8,12,15-16H,9-11,13-14H2,1-2H3,(H,23,25)/t15-,16+. The number of fused-ring (bicyclic) bond motifs is 1. The molecule has 4 rings (SSSR count). The maximum atomic E-state index is 13.0. The van der Waals surface area contributed by atoms with Gasteiger partial charge in [0.2, 0.25) is 10.0 Å². The first-order valence-electron chi connectivity index (χ1n) is 10.1. The zero-order chi connectivity index (χ0) is 21.3. The molecule has 2 atom stereocenters. The molecule has 1 N–H and O–H groups in total. The number of carbonyl (C=O) groups is 1. The van der Waals surface area contributed by atoms with Crippen molar-refractivity contribution in [1.82, 2.24) is 4.31 Å². The molecular weight excluding hydrogens is 404 g/mol. The third kappa shape index (κ3) is 4.29. The minimum atomic E-state index is -3.57. The van der Waals surface area contributed by atoms with Crippen LogP contribution in [0.4, 0.5) is 5.69 Å². The highest BCUT2D eigenvalue weighted by molar-refractivity contribution is 7.89. The molecule has 1 saturated heterocycles. The normalized spacial score (nSPS) is 21.8. The van der Waals surface area contributed by atoms with Gasteiger partial charge in [0, 0.05) is 30.4 Å².